The van der Waals surface area contributed by atoms with Gasteiger partial charge in [-0.05, 0) is 48.4 Å². The first-order valence-corrected chi connectivity index (χ1v) is 12.2. The highest BCUT2D eigenvalue weighted by Gasteiger charge is 2.50. The van der Waals surface area contributed by atoms with Gasteiger partial charge in [0.15, 0.2) is 5.13 Å². The Morgan fingerprint density at radius 3 is 2.81 bits per heavy atom. The summed E-state index contributed by atoms with van der Waals surface area (Å²) in [7, 11) is 1.35. The van der Waals surface area contributed by atoms with E-state index in [9.17, 15) is 14.4 Å². The lowest BCUT2D eigenvalue weighted by molar-refractivity contribution is 0.0696. The molecule has 0 bridgehead atoms. The first kappa shape index (κ1) is 23.9. The SMILES string of the molecule is COC(=O)N1CCC2(C1)CN(C(=O)Nc1ncc(Oc3cccc(C(=O)O)c3)s1)c1ccc(Cl)cc12. The van der Waals surface area contributed by atoms with Crippen LogP contribution in [0.15, 0.2) is 48.7 Å². The Balaban J connectivity index is 1.32. The number of carbonyl (C=O) groups excluding carboxylic acids is 2. The van der Waals surface area contributed by atoms with Crippen LogP contribution in [0.5, 0.6) is 10.8 Å². The Morgan fingerprint density at radius 1 is 1.19 bits per heavy atom. The van der Waals surface area contributed by atoms with Crippen LogP contribution in [-0.4, -0.2) is 59.8 Å². The van der Waals surface area contributed by atoms with Crippen LogP contribution >= 0.6 is 22.9 Å². The predicted octanol–water partition coefficient (Wildman–Crippen LogP) is 5.05. The second-order valence-electron chi connectivity index (χ2n) is 8.52. The van der Waals surface area contributed by atoms with Crippen LogP contribution in [0.25, 0.3) is 0 Å². The minimum atomic E-state index is -1.06. The smallest absolute Gasteiger partial charge is 0.409 e. The highest BCUT2D eigenvalue weighted by atomic mass is 35.5. The molecule has 3 amide bonds. The standard InChI is InChI=1S/C24H21ClN4O6S/c1-34-23(33)28-8-7-24(12-28)13-29(18-6-5-15(25)10-17(18)24)22(32)27-21-26-11-19(36-21)35-16-4-2-3-14(9-16)20(30)31/h2-6,9-11H,7-8,12-13H2,1H3,(H,30,31)(H,26,27,32). The number of hydrogen-bond acceptors (Lipinski definition) is 7. The fourth-order valence-electron chi connectivity index (χ4n) is 4.66. The maximum Gasteiger partial charge on any atom is 0.409 e. The summed E-state index contributed by atoms with van der Waals surface area (Å²) < 4.78 is 10.6. The molecule has 1 unspecified atom stereocenters. The van der Waals surface area contributed by atoms with Gasteiger partial charge in [0.2, 0.25) is 5.06 Å². The van der Waals surface area contributed by atoms with Crippen LogP contribution in [0, 0.1) is 0 Å². The number of likely N-dealkylation sites (tertiary alicyclic amines) is 1. The number of anilines is 2. The third-order valence-corrected chi connectivity index (χ3v) is 7.34. The predicted molar refractivity (Wildman–Crippen MR) is 134 cm³/mol. The number of nitrogens with one attached hydrogen (secondary N) is 1. The zero-order chi connectivity index (χ0) is 25.4. The third-order valence-electron chi connectivity index (χ3n) is 6.31. The molecular weight excluding hydrogens is 508 g/mol. The second-order valence-corrected chi connectivity index (χ2v) is 9.95. The summed E-state index contributed by atoms with van der Waals surface area (Å²) in [5, 5.41) is 13.2. The van der Waals surface area contributed by atoms with Gasteiger partial charge in [-0.1, -0.05) is 29.0 Å². The van der Waals surface area contributed by atoms with Crippen molar-refractivity contribution < 1.29 is 29.0 Å². The van der Waals surface area contributed by atoms with Crippen molar-refractivity contribution in [3.63, 3.8) is 0 Å². The summed E-state index contributed by atoms with van der Waals surface area (Å²) in [4.78, 5) is 44.1. The average molecular weight is 529 g/mol. The molecule has 1 saturated heterocycles. The van der Waals surface area contributed by atoms with E-state index in [2.05, 4.69) is 10.3 Å². The molecule has 2 N–H and O–H groups in total. The quantitative estimate of drug-likeness (QED) is 0.486. The van der Waals surface area contributed by atoms with Crippen molar-refractivity contribution in [1.82, 2.24) is 9.88 Å². The topological polar surface area (TPSA) is 121 Å². The van der Waals surface area contributed by atoms with E-state index in [1.807, 2.05) is 6.07 Å². The van der Waals surface area contributed by atoms with Crippen molar-refractivity contribution in [1.29, 1.82) is 0 Å². The number of halogens is 1. The van der Waals surface area contributed by atoms with Crippen molar-refractivity contribution in [3.8, 4) is 10.8 Å². The van der Waals surface area contributed by atoms with Crippen LogP contribution in [0.1, 0.15) is 22.3 Å². The summed E-state index contributed by atoms with van der Waals surface area (Å²) in [6.07, 6.45) is 1.73. The average Bonchev–Trinajstić information content (AvgIpc) is 3.57. The number of ether oxygens (including phenoxy) is 2. The van der Waals surface area contributed by atoms with Crippen LogP contribution in [0.2, 0.25) is 5.02 Å². The molecule has 2 aromatic carbocycles. The van der Waals surface area contributed by atoms with Crippen molar-refractivity contribution in [2.24, 2.45) is 0 Å². The minimum absolute atomic E-state index is 0.102. The second kappa shape index (κ2) is 9.32. The number of urea groups is 1. The van der Waals surface area contributed by atoms with Crippen LogP contribution < -0.4 is 15.0 Å². The molecule has 10 nitrogen and oxygen atoms in total. The molecule has 2 aliphatic heterocycles. The largest absolute Gasteiger partial charge is 0.478 e. The number of fused-ring (bicyclic) bond motifs is 2. The van der Waals surface area contributed by atoms with E-state index in [0.717, 1.165) is 22.6 Å². The van der Waals surface area contributed by atoms with Gasteiger partial charge >= 0.3 is 18.1 Å². The molecule has 5 rings (SSSR count). The molecule has 186 valence electrons. The molecule has 1 spiro atoms. The lowest BCUT2D eigenvalue weighted by Crippen LogP contribution is -2.41. The Hall–Kier alpha value is -3.83. The van der Waals surface area contributed by atoms with Gasteiger partial charge in [0.25, 0.3) is 0 Å². The van der Waals surface area contributed by atoms with E-state index in [1.54, 1.807) is 34.1 Å². The molecule has 0 aliphatic carbocycles. The van der Waals surface area contributed by atoms with Crippen molar-refractivity contribution in [2.75, 3.05) is 37.0 Å². The van der Waals surface area contributed by atoms with Gasteiger partial charge in [0.1, 0.15) is 5.75 Å². The number of carbonyl (C=O) groups is 3. The van der Waals surface area contributed by atoms with Gasteiger partial charge in [-0.25, -0.2) is 19.4 Å². The van der Waals surface area contributed by atoms with Crippen molar-refractivity contribution in [3.05, 3.63) is 64.8 Å². The molecule has 3 aromatic rings. The molecule has 2 aliphatic rings. The summed E-state index contributed by atoms with van der Waals surface area (Å²) >= 11 is 7.40. The number of carboxylic acid groups (broad SMARTS) is 1. The van der Waals surface area contributed by atoms with Gasteiger partial charge in [-0.15, -0.1) is 0 Å². The number of hydrogen-bond donors (Lipinski definition) is 2. The van der Waals surface area contributed by atoms with Gasteiger partial charge < -0.3 is 19.5 Å². The maximum atomic E-state index is 13.3. The molecule has 1 aromatic heterocycles. The number of rotatable bonds is 4. The fourth-order valence-corrected chi connectivity index (χ4v) is 5.51. The summed E-state index contributed by atoms with van der Waals surface area (Å²) in [5.41, 5.74) is 1.29. The maximum absolute atomic E-state index is 13.3. The molecule has 12 heteroatoms. The number of amides is 3. The lowest BCUT2D eigenvalue weighted by Gasteiger charge is -2.25. The summed E-state index contributed by atoms with van der Waals surface area (Å²) in [6.45, 7) is 1.31. The number of aromatic carboxylic acids is 1. The van der Waals surface area contributed by atoms with Crippen LogP contribution in [0.3, 0.4) is 0 Å². The Bertz CT molecular complexity index is 1360. The first-order chi connectivity index (χ1) is 17.3. The molecule has 36 heavy (non-hydrogen) atoms. The Labute approximate surface area is 215 Å². The molecule has 1 atom stereocenters. The van der Waals surface area contributed by atoms with Gasteiger partial charge in [-0.2, -0.15) is 0 Å². The number of aromatic nitrogens is 1. The fraction of sp³-hybridized carbons (Fsp3) is 0.250. The highest BCUT2D eigenvalue weighted by Crippen LogP contribution is 2.47. The van der Waals surface area contributed by atoms with Gasteiger partial charge in [0, 0.05) is 35.8 Å². The highest BCUT2D eigenvalue weighted by molar-refractivity contribution is 7.17. The van der Waals surface area contributed by atoms with E-state index in [4.69, 9.17) is 26.2 Å². The number of carboxylic acids is 1. The zero-order valence-electron chi connectivity index (χ0n) is 19.1. The zero-order valence-corrected chi connectivity index (χ0v) is 20.6. The number of nitrogens with zero attached hydrogens (tertiary/aromatic N) is 3. The van der Waals surface area contributed by atoms with E-state index in [1.165, 1.54) is 25.4 Å². The third kappa shape index (κ3) is 4.42. The molecular formula is C24H21ClN4O6S. The molecule has 3 heterocycles. The van der Waals surface area contributed by atoms with Gasteiger partial charge in [0.05, 0.1) is 18.9 Å². The normalized spacial score (nSPS) is 18.3. The van der Waals surface area contributed by atoms with E-state index in [-0.39, 0.29) is 11.6 Å². The number of benzene rings is 2. The monoisotopic (exact) mass is 528 g/mol. The van der Waals surface area contributed by atoms with Crippen LogP contribution in [0.4, 0.5) is 20.4 Å². The van der Waals surface area contributed by atoms with Crippen molar-refractivity contribution in [2.45, 2.75) is 11.8 Å². The van der Waals surface area contributed by atoms with E-state index in [0.29, 0.717) is 47.0 Å². The van der Waals surface area contributed by atoms with E-state index >= 15 is 0 Å². The summed E-state index contributed by atoms with van der Waals surface area (Å²) in [5.74, 6) is -0.709. The van der Waals surface area contributed by atoms with Crippen LogP contribution in [-0.2, 0) is 10.2 Å². The minimum Gasteiger partial charge on any atom is -0.478 e. The first-order valence-electron chi connectivity index (χ1n) is 11.0. The van der Waals surface area contributed by atoms with E-state index < -0.39 is 17.5 Å². The number of methoxy groups -OCH3 is 1. The molecule has 1 fully saturated rings. The van der Waals surface area contributed by atoms with Gasteiger partial charge in [-0.3, -0.25) is 10.2 Å². The molecule has 0 radical (unpaired) electrons. The lowest BCUT2D eigenvalue weighted by atomic mass is 9.81. The number of thiazole rings is 1. The molecule has 0 saturated carbocycles. The van der Waals surface area contributed by atoms with Crippen molar-refractivity contribution >= 4 is 51.9 Å². The summed E-state index contributed by atoms with van der Waals surface area (Å²) in [6, 6.07) is 11.1. The Morgan fingerprint density at radius 2 is 2.03 bits per heavy atom. The Kier molecular flexibility index (Phi) is 6.19.